The van der Waals surface area contributed by atoms with Crippen LogP contribution in [0.2, 0.25) is 0 Å². The van der Waals surface area contributed by atoms with Crippen LogP contribution in [-0.2, 0) is 4.79 Å². The molecule has 0 unspecified atom stereocenters. The van der Waals surface area contributed by atoms with E-state index in [0.29, 0.717) is 6.42 Å². The molecule has 144 valence electrons. The highest BCUT2D eigenvalue weighted by molar-refractivity contribution is 5.81. The fraction of sp³-hybridized carbons (Fsp3) is 0.435. The number of benzene rings is 2. The third kappa shape index (κ3) is 4.44. The summed E-state index contributed by atoms with van der Waals surface area (Å²) in [7, 11) is 0. The zero-order valence-corrected chi connectivity index (χ0v) is 17.1. The summed E-state index contributed by atoms with van der Waals surface area (Å²) in [4.78, 5) is 12.8. The predicted octanol–water partition coefficient (Wildman–Crippen LogP) is 4.80. The van der Waals surface area contributed by atoms with Crippen LogP contribution in [0.25, 0.3) is 0 Å². The van der Waals surface area contributed by atoms with Gasteiger partial charge < -0.3 is 14.8 Å². The van der Waals surface area contributed by atoms with Gasteiger partial charge in [0, 0.05) is 12.0 Å². The number of hydrogen-bond donors (Lipinski definition) is 1. The molecule has 4 nitrogen and oxygen atoms in total. The Morgan fingerprint density at radius 3 is 2.52 bits per heavy atom. The zero-order valence-electron chi connectivity index (χ0n) is 17.1. The minimum atomic E-state index is -0.578. The van der Waals surface area contributed by atoms with E-state index in [1.807, 2.05) is 58.9 Å². The number of carbonyl (C=O) groups is 1. The van der Waals surface area contributed by atoms with E-state index in [-0.39, 0.29) is 17.6 Å². The molecule has 1 heterocycles. The van der Waals surface area contributed by atoms with E-state index < -0.39 is 6.10 Å². The summed E-state index contributed by atoms with van der Waals surface area (Å²) in [5.74, 6) is 1.46. The molecule has 27 heavy (non-hydrogen) atoms. The number of amides is 1. The molecule has 0 spiro atoms. The molecule has 1 N–H and O–H groups in total. The summed E-state index contributed by atoms with van der Waals surface area (Å²) in [5.41, 5.74) is 4.05. The quantitative estimate of drug-likeness (QED) is 0.844. The standard InChI is InChI=1S/C23H29NO3/c1-14-7-9-20(16(3)11-14)26-17(4)22(25)24-19-13-23(5,6)27-21-10-8-15(2)12-18(19)21/h7-12,17,19H,13H2,1-6H3,(H,24,25)/t17-,19-/m1/s1. The third-order valence-electron chi connectivity index (χ3n) is 4.94. The van der Waals surface area contributed by atoms with E-state index >= 15 is 0 Å². The lowest BCUT2D eigenvalue weighted by Gasteiger charge is -2.38. The van der Waals surface area contributed by atoms with Gasteiger partial charge in [-0.05, 0) is 59.2 Å². The fourth-order valence-electron chi connectivity index (χ4n) is 3.57. The maximum Gasteiger partial charge on any atom is 0.261 e. The highest BCUT2D eigenvalue weighted by Gasteiger charge is 2.35. The molecule has 0 aliphatic carbocycles. The van der Waals surface area contributed by atoms with Crippen LogP contribution in [0.5, 0.6) is 11.5 Å². The smallest absolute Gasteiger partial charge is 0.261 e. The second-order valence-electron chi connectivity index (χ2n) is 8.20. The Morgan fingerprint density at radius 1 is 1.15 bits per heavy atom. The van der Waals surface area contributed by atoms with Gasteiger partial charge in [0.2, 0.25) is 0 Å². The van der Waals surface area contributed by atoms with Crippen LogP contribution in [0.1, 0.15) is 55.5 Å². The molecule has 1 aliphatic rings. The number of carbonyl (C=O) groups excluding carboxylic acids is 1. The van der Waals surface area contributed by atoms with Crippen molar-refractivity contribution in [2.75, 3.05) is 0 Å². The average molecular weight is 367 g/mol. The Balaban J connectivity index is 1.76. The molecule has 0 bridgehead atoms. The summed E-state index contributed by atoms with van der Waals surface area (Å²) in [5, 5.41) is 3.16. The fourth-order valence-corrected chi connectivity index (χ4v) is 3.57. The van der Waals surface area contributed by atoms with Crippen LogP contribution < -0.4 is 14.8 Å². The molecular weight excluding hydrogens is 338 g/mol. The molecule has 0 saturated heterocycles. The molecule has 4 heteroatoms. The highest BCUT2D eigenvalue weighted by atomic mass is 16.5. The first-order valence-electron chi connectivity index (χ1n) is 9.48. The van der Waals surface area contributed by atoms with Crippen LogP contribution in [0.3, 0.4) is 0 Å². The van der Waals surface area contributed by atoms with E-state index in [1.165, 1.54) is 5.56 Å². The first-order valence-corrected chi connectivity index (χ1v) is 9.48. The number of nitrogens with one attached hydrogen (secondary N) is 1. The van der Waals surface area contributed by atoms with Gasteiger partial charge in [-0.3, -0.25) is 4.79 Å². The maximum atomic E-state index is 12.8. The molecule has 0 radical (unpaired) electrons. The van der Waals surface area contributed by atoms with Crippen molar-refractivity contribution in [3.8, 4) is 11.5 Å². The summed E-state index contributed by atoms with van der Waals surface area (Å²) in [6.07, 6.45) is 0.136. The van der Waals surface area contributed by atoms with Crippen LogP contribution in [-0.4, -0.2) is 17.6 Å². The van der Waals surface area contributed by atoms with Crippen LogP contribution >= 0.6 is 0 Å². The van der Waals surface area contributed by atoms with E-state index in [1.54, 1.807) is 6.92 Å². The molecule has 2 aromatic carbocycles. The summed E-state index contributed by atoms with van der Waals surface area (Å²) in [6, 6.07) is 12.0. The van der Waals surface area contributed by atoms with Gasteiger partial charge in [-0.1, -0.05) is 35.4 Å². The summed E-state index contributed by atoms with van der Waals surface area (Å²) in [6.45, 7) is 12.0. The number of fused-ring (bicyclic) bond motifs is 1. The lowest BCUT2D eigenvalue weighted by atomic mass is 9.89. The molecular formula is C23H29NO3. The second-order valence-corrected chi connectivity index (χ2v) is 8.20. The molecule has 0 saturated carbocycles. The molecule has 0 aromatic heterocycles. The van der Waals surface area contributed by atoms with E-state index in [9.17, 15) is 4.79 Å². The first kappa shape index (κ1) is 19.3. The number of hydrogen-bond acceptors (Lipinski definition) is 3. The normalized spacial score (nSPS) is 18.8. The average Bonchev–Trinajstić information content (AvgIpc) is 2.57. The van der Waals surface area contributed by atoms with Crippen molar-refractivity contribution in [2.24, 2.45) is 0 Å². The minimum Gasteiger partial charge on any atom is -0.487 e. The summed E-state index contributed by atoms with van der Waals surface area (Å²) >= 11 is 0. The Morgan fingerprint density at radius 2 is 1.81 bits per heavy atom. The van der Waals surface area contributed by atoms with Gasteiger partial charge in [-0.2, -0.15) is 0 Å². The Hall–Kier alpha value is -2.49. The lowest BCUT2D eigenvalue weighted by Crippen LogP contribution is -2.44. The van der Waals surface area contributed by atoms with Crippen molar-refractivity contribution in [3.63, 3.8) is 0 Å². The SMILES string of the molecule is Cc1ccc(O[C@H](C)C(=O)N[C@@H]2CC(C)(C)Oc3ccc(C)cc32)c(C)c1. The molecule has 0 fully saturated rings. The molecule has 1 amide bonds. The molecule has 3 rings (SSSR count). The number of rotatable bonds is 4. The highest BCUT2D eigenvalue weighted by Crippen LogP contribution is 2.39. The second kappa shape index (κ2) is 7.26. The minimum absolute atomic E-state index is 0.0960. The zero-order chi connectivity index (χ0) is 19.8. The van der Waals surface area contributed by atoms with Gasteiger partial charge in [-0.25, -0.2) is 0 Å². The molecule has 1 aliphatic heterocycles. The molecule has 2 aromatic rings. The van der Waals surface area contributed by atoms with Gasteiger partial charge in [0.25, 0.3) is 5.91 Å². The van der Waals surface area contributed by atoms with E-state index in [4.69, 9.17) is 9.47 Å². The van der Waals surface area contributed by atoms with Crippen molar-refractivity contribution >= 4 is 5.91 Å². The topological polar surface area (TPSA) is 47.6 Å². The van der Waals surface area contributed by atoms with Crippen molar-refractivity contribution in [2.45, 2.75) is 65.7 Å². The Kier molecular flexibility index (Phi) is 5.18. The number of ether oxygens (including phenoxy) is 2. The monoisotopic (exact) mass is 367 g/mol. The van der Waals surface area contributed by atoms with Gasteiger partial charge >= 0.3 is 0 Å². The van der Waals surface area contributed by atoms with Gasteiger partial charge in [-0.15, -0.1) is 0 Å². The van der Waals surface area contributed by atoms with E-state index in [0.717, 1.165) is 28.2 Å². The lowest BCUT2D eigenvalue weighted by molar-refractivity contribution is -0.128. The van der Waals surface area contributed by atoms with Crippen molar-refractivity contribution < 1.29 is 14.3 Å². The van der Waals surface area contributed by atoms with Crippen molar-refractivity contribution in [1.29, 1.82) is 0 Å². The largest absolute Gasteiger partial charge is 0.487 e. The van der Waals surface area contributed by atoms with Crippen molar-refractivity contribution in [1.82, 2.24) is 5.32 Å². The van der Waals surface area contributed by atoms with Gasteiger partial charge in [0.15, 0.2) is 6.10 Å². The first-order chi connectivity index (χ1) is 12.6. The third-order valence-corrected chi connectivity index (χ3v) is 4.94. The van der Waals surface area contributed by atoms with Gasteiger partial charge in [0.1, 0.15) is 17.1 Å². The summed E-state index contributed by atoms with van der Waals surface area (Å²) < 4.78 is 12.0. The van der Waals surface area contributed by atoms with Crippen LogP contribution in [0.4, 0.5) is 0 Å². The maximum absolute atomic E-state index is 12.8. The Labute approximate surface area is 161 Å². The Bertz CT molecular complexity index is 857. The molecule has 2 atom stereocenters. The predicted molar refractivity (Wildman–Crippen MR) is 107 cm³/mol. The van der Waals surface area contributed by atoms with Gasteiger partial charge in [0.05, 0.1) is 6.04 Å². The van der Waals surface area contributed by atoms with Crippen molar-refractivity contribution in [3.05, 3.63) is 58.7 Å². The van der Waals surface area contributed by atoms with E-state index in [2.05, 4.69) is 17.4 Å². The van der Waals surface area contributed by atoms with Crippen LogP contribution in [0.15, 0.2) is 36.4 Å². The number of aryl methyl sites for hydroxylation is 3. The van der Waals surface area contributed by atoms with Crippen LogP contribution in [0, 0.1) is 20.8 Å².